The van der Waals surface area contributed by atoms with Gasteiger partial charge in [0.15, 0.2) is 5.76 Å². The van der Waals surface area contributed by atoms with Gasteiger partial charge in [-0.25, -0.2) is 4.79 Å². The molecule has 1 atom stereocenters. The van der Waals surface area contributed by atoms with Crippen molar-refractivity contribution in [3.8, 4) is 0 Å². The highest BCUT2D eigenvalue weighted by Gasteiger charge is 2.69. The maximum Gasteiger partial charge on any atom is 0.423 e. The number of carbonyl (C=O) groups is 4. The van der Waals surface area contributed by atoms with Crippen molar-refractivity contribution in [1.82, 2.24) is 5.32 Å². The van der Waals surface area contributed by atoms with Gasteiger partial charge in [0.25, 0.3) is 11.4 Å². The second-order valence-electron chi connectivity index (χ2n) is 4.88. The number of ether oxygens (including phenoxy) is 1. The van der Waals surface area contributed by atoms with E-state index in [0.717, 1.165) is 12.3 Å². The van der Waals surface area contributed by atoms with Crippen LogP contribution in [-0.4, -0.2) is 42.3 Å². The summed E-state index contributed by atoms with van der Waals surface area (Å²) in [5.74, 6) is -9.00. The third kappa shape index (κ3) is 3.31. The van der Waals surface area contributed by atoms with Gasteiger partial charge in [-0.1, -0.05) is 0 Å². The Hall–Kier alpha value is -2.65. The predicted molar refractivity (Wildman–Crippen MR) is 71.8 cm³/mol. The van der Waals surface area contributed by atoms with Crippen molar-refractivity contribution in [2.45, 2.75) is 25.6 Å². The number of halogens is 3. The Kier molecular flexibility index (Phi) is 5.54. The molecule has 0 aliphatic rings. The summed E-state index contributed by atoms with van der Waals surface area (Å²) in [4.78, 5) is 47.3. The zero-order valence-electron chi connectivity index (χ0n) is 12.9. The lowest BCUT2D eigenvalue weighted by atomic mass is 9.77. The van der Waals surface area contributed by atoms with Gasteiger partial charge in [-0.3, -0.25) is 14.4 Å². The van der Waals surface area contributed by atoms with Crippen LogP contribution in [0.4, 0.5) is 13.2 Å². The van der Waals surface area contributed by atoms with E-state index in [1.54, 1.807) is 0 Å². The summed E-state index contributed by atoms with van der Waals surface area (Å²) in [5.41, 5.74) is -3.87. The standard InChI is InChI=1S/C14H14F3NO6/c1-7(19)10(8(2)20)13(12(22)23-3,14(15,16)17)18-11(21)9-5-4-6-24-9/h4-6,10H,1-3H3,(H,18,21)/t13-/m0/s1. The fraction of sp³-hybridized carbons (Fsp3) is 0.429. The molecule has 0 unspecified atom stereocenters. The lowest BCUT2D eigenvalue weighted by Gasteiger charge is -2.37. The minimum absolute atomic E-state index is 0.543. The van der Waals surface area contributed by atoms with Gasteiger partial charge >= 0.3 is 12.1 Å². The Labute approximate surface area is 134 Å². The van der Waals surface area contributed by atoms with Crippen molar-refractivity contribution in [3.05, 3.63) is 24.2 Å². The average Bonchev–Trinajstić information content (AvgIpc) is 2.97. The van der Waals surface area contributed by atoms with Gasteiger partial charge in [-0.2, -0.15) is 13.2 Å². The molecule has 0 aliphatic carbocycles. The summed E-state index contributed by atoms with van der Waals surface area (Å²) in [6.07, 6.45) is -4.47. The Bertz CT molecular complexity index is 638. The second kappa shape index (κ2) is 6.85. The summed E-state index contributed by atoms with van der Waals surface area (Å²) in [6.45, 7) is 1.41. The number of Topliss-reactive ketones (excluding diaryl/α,β-unsaturated/α-hetero) is 2. The van der Waals surface area contributed by atoms with E-state index in [-0.39, 0.29) is 0 Å². The average molecular weight is 349 g/mol. The lowest BCUT2D eigenvalue weighted by Crippen LogP contribution is -2.71. The molecule has 0 bridgehead atoms. The number of nitrogens with one attached hydrogen (secondary N) is 1. The van der Waals surface area contributed by atoms with Crippen LogP contribution in [0, 0.1) is 5.92 Å². The molecule has 1 aromatic heterocycles. The van der Waals surface area contributed by atoms with Crippen molar-refractivity contribution < 1.29 is 41.5 Å². The first-order valence-electron chi connectivity index (χ1n) is 6.51. The van der Waals surface area contributed by atoms with Crippen LogP contribution in [0.3, 0.4) is 0 Å². The predicted octanol–water partition coefficient (Wildman–Crippen LogP) is 1.28. The number of ketones is 2. The van der Waals surface area contributed by atoms with Crippen LogP contribution in [0.1, 0.15) is 24.4 Å². The van der Waals surface area contributed by atoms with Crippen molar-refractivity contribution >= 4 is 23.4 Å². The van der Waals surface area contributed by atoms with Crippen LogP contribution in [0.2, 0.25) is 0 Å². The summed E-state index contributed by atoms with van der Waals surface area (Å²) in [5, 5.41) is 1.41. The van der Waals surface area contributed by atoms with E-state index in [4.69, 9.17) is 0 Å². The van der Waals surface area contributed by atoms with Gasteiger partial charge in [-0.15, -0.1) is 0 Å². The van der Waals surface area contributed by atoms with Crippen molar-refractivity contribution in [2.24, 2.45) is 5.92 Å². The highest BCUT2D eigenvalue weighted by molar-refractivity contribution is 6.09. The molecule has 10 heteroatoms. The fourth-order valence-corrected chi connectivity index (χ4v) is 2.30. The van der Waals surface area contributed by atoms with E-state index in [9.17, 15) is 32.3 Å². The number of amides is 1. The van der Waals surface area contributed by atoms with E-state index in [1.807, 2.05) is 0 Å². The molecule has 24 heavy (non-hydrogen) atoms. The largest absolute Gasteiger partial charge is 0.467 e. The third-order valence-electron chi connectivity index (χ3n) is 3.26. The molecule has 0 radical (unpaired) electrons. The topological polar surface area (TPSA) is 103 Å². The van der Waals surface area contributed by atoms with Crippen LogP contribution < -0.4 is 5.32 Å². The Morgan fingerprint density at radius 1 is 1.17 bits per heavy atom. The van der Waals surface area contributed by atoms with Crippen LogP contribution in [0.15, 0.2) is 22.8 Å². The Morgan fingerprint density at radius 3 is 2.04 bits per heavy atom. The molecule has 7 nitrogen and oxygen atoms in total. The monoisotopic (exact) mass is 349 g/mol. The van der Waals surface area contributed by atoms with Crippen LogP contribution in [-0.2, 0) is 19.1 Å². The fourth-order valence-electron chi connectivity index (χ4n) is 2.30. The maximum atomic E-state index is 13.7. The first kappa shape index (κ1) is 19.4. The van der Waals surface area contributed by atoms with Crippen molar-refractivity contribution in [3.63, 3.8) is 0 Å². The molecule has 0 fully saturated rings. The number of rotatable bonds is 6. The van der Waals surface area contributed by atoms with E-state index < -0.39 is 46.8 Å². The summed E-state index contributed by atoms with van der Waals surface area (Å²) >= 11 is 0. The number of carbonyl (C=O) groups excluding carboxylic acids is 4. The number of hydrogen-bond acceptors (Lipinski definition) is 6. The van der Waals surface area contributed by atoms with Gasteiger partial charge in [-0.05, 0) is 26.0 Å². The van der Waals surface area contributed by atoms with E-state index in [2.05, 4.69) is 9.15 Å². The van der Waals surface area contributed by atoms with Crippen molar-refractivity contribution in [2.75, 3.05) is 7.11 Å². The number of hydrogen-bond donors (Lipinski definition) is 1. The minimum atomic E-state index is -5.50. The Balaban J connectivity index is 3.58. The van der Waals surface area contributed by atoms with Gasteiger partial charge in [0.05, 0.1) is 13.4 Å². The minimum Gasteiger partial charge on any atom is -0.467 e. The first-order chi connectivity index (χ1) is 11.0. The van der Waals surface area contributed by atoms with Crippen LogP contribution in [0.5, 0.6) is 0 Å². The highest BCUT2D eigenvalue weighted by atomic mass is 19.4. The highest BCUT2D eigenvalue weighted by Crippen LogP contribution is 2.39. The summed E-state index contributed by atoms with van der Waals surface area (Å²) in [6, 6.07) is 2.28. The zero-order valence-corrected chi connectivity index (χ0v) is 12.9. The van der Waals surface area contributed by atoms with E-state index in [1.165, 1.54) is 11.4 Å². The molecule has 0 aliphatic heterocycles. The van der Waals surface area contributed by atoms with E-state index >= 15 is 0 Å². The van der Waals surface area contributed by atoms with Crippen LogP contribution in [0.25, 0.3) is 0 Å². The number of furan rings is 1. The molecule has 1 rings (SSSR count). The number of methoxy groups -OCH3 is 1. The van der Waals surface area contributed by atoms with Gasteiger partial charge in [0.1, 0.15) is 17.5 Å². The molecule has 0 saturated carbocycles. The summed E-state index contributed by atoms with van der Waals surface area (Å²) < 4.78 is 50.0. The van der Waals surface area contributed by atoms with Gasteiger partial charge in [0.2, 0.25) is 0 Å². The molecule has 1 heterocycles. The molecular formula is C14H14F3NO6. The molecule has 0 spiro atoms. The van der Waals surface area contributed by atoms with Gasteiger partial charge in [0, 0.05) is 0 Å². The third-order valence-corrected chi connectivity index (χ3v) is 3.26. The quantitative estimate of drug-likeness (QED) is 0.613. The maximum absolute atomic E-state index is 13.7. The van der Waals surface area contributed by atoms with E-state index in [0.29, 0.717) is 21.0 Å². The lowest BCUT2D eigenvalue weighted by molar-refractivity contribution is -0.220. The zero-order chi connectivity index (χ0) is 18.7. The number of esters is 1. The SMILES string of the molecule is COC(=O)[C@@](NC(=O)c1ccco1)(C(C(C)=O)C(C)=O)C(F)(F)F. The number of alkyl halides is 3. The van der Waals surface area contributed by atoms with Crippen LogP contribution >= 0.6 is 0 Å². The second-order valence-corrected chi connectivity index (χ2v) is 4.88. The van der Waals surface area contributed by atoms with Gasteiger partial charge < -0.3 is 14.5 Å². The normalized spacial score (nSPS) is 14.0. The smallest absolute Gasteiger partial charge is 0.423 e. The molecule has 0 saturated heterocycles. The first-order valence-corrected chi connectivity index (χ1v) is 6.51. The molecular weight excluding hydrogens is 335 g/mol. The molecule has 1 amide bonds. The molecule has 132 valence electrons. The molecule has 1 aromatic rings. The molecule has 0 aromatic carbocycles. The van der Waals surface area contributed by atoms with Crippen molar-refractivity contribution in [1.29, 1.82) is 0 Å². The molecule has 1 N–H and O–H groups in total. The summed E-state index contributed by atoms with van der Waals surface area (Å²) in [7, 11) is 0.638. The Morgan fingerprint density at radius 2 is 1.71 bits per heavy atom.